The van der Waals surface area contributed by atoms with Gasteiger partial charge in [-0.25, -0.2) is 0 Å². The highest BCUT2D eigenvalue weighted by molar-refractivity contribution is 6.61. The average molecular weight is 273 g/mol. The lowest BCUT2D eigenvalue weighted by Gasteiger charge is -2.32. The molecule has 0 amide bonds. The SMILES string of the molecule is CC1(C)OB(c2cnn(CC3(C#N)CC3)c2)OC1(C)C. The molecule has 1 saturated heterocycles. The van der Waals surface area contributed by atoms with Crippen LogP contribution in [0.5, 0.6) is 0 Å². The summed E-state index contributed by atoms with van der Waals surface area (Å²) in [5.74, 6) is 0. The summed E-state index contributed by atoms with van der Waals surface area (Å²) in [7, 11) is -0.383. The second-order valence-corrected chi connectivity index (χ2v) is 6.95. The van der Waals surface area contributed by atoms with Gasteiger partial charge in [-0.3, -0.25) is 4.68 Å². The monoisotopic (exact) mass is 273 g/mol. The molecule has 0 unspecified atom stereocenters. The van der Waals surface area contributed by atoms with E-state index in [0.29, 0.717) is 6.54 Å². The van der Waals surface area contributed by atoms with Gasteiger partial charge < -0.3 is 9.31 Å². The number of nitrogens with zero attached hydrogens (tertiary/aromatic N) is 3. The van der Waals surface area contributed by atoms with Crippen LogP contribution < -0.4 is 5.46 Å². The van der Waals surface area contributed by atoms with E-state index in [1.165, 1.54) is 0 Å². The van der Waals surface area contributed by atoms with Crippen molar-refractivity contribution in [2.45, 2.75) is 58.3 Å². The summed E-state index contributed by atoms with van der Waals surface area (Å²) in [5.41, 5.74) is 0.0328. The summed E-state index contributed by atoms with van der Waals surface area (Å²) in [6.45, 7) is 8.79. The highest BCUT2D eigenvalue weighted by atomic mass is 16.7. The first-order valence-electron chi connectivity index (χ1n) is 7.06. The van der Waals surface area contributed by atoms with E-state index in [1.54, 1.807) is 6.20 Å². The average Bonchev–Trinajstić information content (AvgIpc) is 2.89. The van der Waals surface area contributed by atoms with E-state index in [1.807, 2.05) is 38.6 Å². The van der Waals surface area contributed by atoms with E-state index in [4.69, 9.17) is 14.6 Å². The van der Waals surface area contributed by atoms with Crippen molar-refractivity contribution >= 4 is 12.6 Å². The van der Waals surface area contributed by atoms with Gasteiger partial charge in [0.1, 0.15) is 0 Å². The first kappa shape index (κ1) is 13.7. The van der Waals surface area contributed by atoms with Gasteiger partial charge in [0.15, 0.2) is 0 Å². The molecule has 6 heteroatoms. The molecule has 0 spiro atoms. The maximum absolute atomic E-state index is 9.13. The fourth-order valence-electron chi connectivity index (χ4n) is 2.33. The van der Waals surface area contributed by atoms with Gasteiger partial charge >= 0.3 is 7.12 Å². The number of hydrogen-bond acceptors (Lipinski definition) is 4. The lowest BCUT2D eigenvalue weighted by molar-refractivity contribution is 0.00578. The second-order valence-electron chi connectivity index (χ2n) is 6.95. The molecule has 0 radical (unpaired) electrons. The Bertz CT molecular complexity index is 553. The standard InChI is InChI=1S/C14H20BN3O2/c1-12(2)13(3,4)20-15(19-12)11-7-17-18(8-11)10-14(9-16)5-6-14/h7-8H,5-6,10H2,1-4H3. The number of nitriles is 1. The Balaban J connectivity index is 1.74. The van der Waals surface area contributed by atoms with Gasteiger partial charge in [-0.1, -0.05) is 0 Å². The Morgan fingerprint density at radius 3 is 2.40 bits per heavy atom. The van der Waals surface area contributed by atoms with Gasteiger partial charge in [-0.2, -0.15) is 10.4 Å². The molecule has 1 aromatic heterocycles. The van der Waals surface area contributed by atoms with Crippen molar-refractivity contribution in [1.82, 2.24) is 9.78 Å². The van der Waals surface area contributed by atoms with E-state index in [-0.39, 0.29) is 23.7 Å². The maximum Gasteiger partial charge on any atom is 0.498 e. The molecule has 2 heterocycles. The van der Waals surface area contributed by atoms with Crippen molar-refractivity contribution in [1.29, 1.82) is 5.26 Å². The van der Waals surface area contributed by atoms with Crippen LogP contribution in [0.4, 0.5) is 0 Å². The van der Waals surface area contributed by atoms with E-state index in [0.717, 1.165) is 18.3 Å². The van der Waals surface area contributed by atoms with Gasteiger partial charge in [0.25, 0.3) is 0 Å². The molecule has 0 atom stereocenters. The van der Waals surface area contributed by atoms with Crippen molar-refractivity contribution in [2.75, 3.05) is 0 Å². The molecular formula is C14H20BN3O2. The van der Waals surface area contributed by atoms with E-state index in [2.05, 4.69) is 11.2 Å². The zero-order valence-electron chi connectivity index (χ0n) is 12.5. The predicted octanol–water partition coefficient (Wildman–Crippen LogP) is 1.49. The molecule has 20 heavy (non-hydrogen) atoms. The molecule has 3 rings (SSSR count). The van der Waals surface area contributed by atoms with E-state index < -0.39 is 0 Å². The summed E-state index contributed by atoms with van der Waals surface area (Å²) >= 11 is 0. The molecule has 0 aromatic carbocycles. The lowest BCUT2D eigenvalue weighted by Crippen LogP contribution is -2.41. The number of aromatic nitrogens is 2. The largest absolute Gasteiger partial charge is 0.498 e. The Hall–Kier alpha value is -1.32. The zero-order chi connectivity index (χ0) is 14.6. The van der Waals surface area contributed by atoms with Crippen molar-refractivity contribution in [3.05, 3.63) is 12.4 Å². The molecule has 5 nitrogen and oxygen atoms in total. The Morgan fingerprint density at radius 2 is 1.90 bits per heavy atom. The third-order valence-electron chi connectivity index (χ3n) is 4.73. The molecule has 0 bridgehead atoms. The van der Waals surface area contributed by atoms with Crippen LogP contribution in [-0.2, 0) is 15.9 Å². The van der Waals surface area contributed by atoms with Crippen LogP contribution in [0.1, 0.15) is 40.5 Å². The van der Waals surface area contributed by atoms with Crippen molar-refractivity contribution in [3.63, 3.8) is 0 Å². The fourth-order valence-corrected chi connectivity index (χ4v) is 2.33. The molecule has 1 saturated carbocycles. The topological polar surface area (TPSA) is 60.1 Å². The minimum absolute atomic E-state index is 0.195. The quantitative estimate of drug-likeness (QED) is 0.783. The summed E-state index contributed by atoms with van der Waals surface area (Å²) in [4.78, 5) is 0. The fraction of sp³-hybridized carbons (Fsp3) is 0.714. The summed E-state index contributed by atoms with van der Waals surface area (Å²) in [6, 6.07) is 2.38. The minimum Gasteiger partial charge on any atom is -0.399 e. The van der Waals surface area contributed by atoms with Gasteiger partial charge in [-0.15, -0.1) is 0 Å². The normalized spacial score (nSPS) is 25.4. The van der Waals surface area contributed by atoms with Crippen LogP contribution in [0.2, 0.25) is 0 Å². The van der Waals surface area contributed by atoms with Gasteiger partial charge in [0.2, 0.25) is 0 Å². The van der Waals surface area contributed by atoms with Crippen molar-refractivity contribution in [2.24, 2.45) is 5.41 Å². The number of hydrogen-bond donors (Lipinski definition) is 0. The van der Waals surface area contributed by atoms with Crippen LogP contribution in [0.25, 0.3) is 0 Å². The van der Waals surface area contributed by atoms with Crippen LogP contribution in [-0.4, -0.2) is 28.1 Å². The maximum atomic E-state index is 9.13. The third kappa shape index (κ3) is 2.15. The smallest absolute Gasteiger partial charge is 0.399 e. The molecule has 106 valence electrons. The van der Waals surface area contributed by atoms with Crippen LogP contribution in [0, 0.1) is 16.7 Å². The second kappa shape index (κ2) is 4.09. The van der Waals surface area contributed by atoms with Crippen molar-refractivity contribution < 1.29 is 9.31 Å². The first-order valence-corrected chi connectivity index (χ1v) is 7.06. The first-order chi connectivity index (χ1) is 9.27. The minimum atomic E-state index is -0.383. The van der Waals surface area contributed by atoms with Gasteiger partial charge in [0.05, 0.1) is 29.2 Å². The zero-order valence-corrected chi connectivity index (χ0v) is 12.5. The Kier molecular flexibility index (Phi) is 2.79. The van der Waals surface area contributed by atoms with Gasteiger partial charge in [-0.05, 0) is 40.5 Å². The van der Waals surface area contributed by atoms with Crippen LogP contribution in [0.3, 0.4) is 0 Å². The molecule has 2 fully saturated rings. The van der Waals surface area contributed by atoms with E-state index >= 15 is 0 Å². The van der Waals surface area contributed by atoms with E-state index in [9.17, 15) is 0 Å². The summed E-state index contributed by atoms with van der Waals surface area (Å²) < 4.78 is 13.8. The molecule has 1 aliphatic heterocycles. The highest BCUT2D eigenvalue weighted by Crippen LogP contribution is 2.46. The third-order valence-corrected chi connectivity index (χ3v) is 4.73. The highest BCUT2D eigenvalue weighted by Gasteiger charge is 2.52. The molecule has 1 aliphatic carbocycles. The summed E-state index contributed by atoms with van der Waals surface area (Å²) in [5, 5.41) is 13.5. The lowest BCUT2D eigenvalue weighted by atomic mass is 9.82. The summed E-state index contributed by atoms with van der Waals surface area (Å²) in [6.07, 6.45) is 5.64. The molecular weight excluding hydrogens is 253 g/mol. The molecule has 2 aliphatic rings. The molecule has 1 aromatic rings. The Morgan fingerprint density at radius 1 is 1.30 bits per heavy atom. The van der Waals surface area contributed by atoms with Crippen molar-refractivity contribution in [3.8, 4) is 6.07 Å². The predicted molar refractivity (Wildman–Crippen MR) is 75.2 cm³/mol. The Labute approximate surface area is 120 Å². The molecule has 0 N–H and O–H groups in total. The van der Waals surface area contributed by atoms with Crippen LogP contribution in [0.15, 0.2) is 12.4 Å². The number of rotatable bonds is 3. The van der Waals surface area contributed by atoms with Gasteiger partial charge in [0, 0.05) is 17.9 Å². The van der Waals surface area contributed by atoms with Crippen LogP contribution >= 0.6 is 0 Å².